The number of hydrogen-bond donors (Lipinski definition) is 0. The molecule has 0 radical (unpaired) electrons. The quantitative estimate of drug-likeness (QED) is 0.619. The molecule has 2 aliphatic carbocycles. The molecule has 0 unspecified atom stereocenters. The fourth-order valence-electron chi connectivity index (χ4n) is 4.53. The molecule has 0 spiro atoms. The van der Waals surface area contributed by atoms with Crippen LogP contribution in [0.15, 0.2) is 24.3 Å². The largest absolute Gasteiger partial charge is 0.465 e. The van der Waals surface area contributed by atoms with Gasteiger partial charge in [-0.1, -0.05) is 0 Å². The molecule has 1 aromatic rings. The molecule has 2 bridgehead atoms. The van der Waals surface area contributed by atoms with Crippen molar-refractivity contribution in [2.45, 2.75) is 19.3 Å². The maximum absolute atomic E-state index is 12.7. The van der Waals surface area contributed by atoms with Gasteiger partial charge in [0.25, 0.3) is 0 Å². The van der Waals surface area contributed by atoms with E-state index in [2.05, 4.69) is 4.74 Å². The molecule has 4 rings (SSSR count). The molecule has 114 valence electrons. The summed E-state index contributed by atoms with van der Waals surface area (Å²) in [5, 5.41) is 0. The lowest BCUT2D eigenvalue weighted by Gasteiger charge is -2.19. The zero-order valence-corrected chi connectivity index (χ0v) is 12.3. The summed E-state index contributed by atoms with van der Waals surface area (Å²) in [5.74, 6) is -0.0313. The van der Waals surface area contributed by atoms with Crippen LogP contribution < -0.4 is 4.90 Å². The fraction of sp³-hybridized carbons (Fsp3) is 0.471. The number of ether oxygens (including phenoxy) is 1. The van der Waals surface area contributed by atoms with Crippen molar-refractivity contribution in [2.24, 2.45) is 23.7 Å². The third kappa shape index (κ3) is 1.68. The predicted octanol–water partition coefficient (Wildman–Crippen LogP) is 2.01. The van der Waals surface area contributed by atoms with E-state index in [0.29, 0.717) is 23.1 Å². The topological polar surface area (TPSA) is 63.7 Å². The molecular weight excluding hydrogens is 282 g/mol. The van der Waals surface area contributed by atoms with E-state index in [0.717, 1.165) is 19.3 Å². The monoisotopic (exact) mass is 299 g/mol. The van der Waals surface area contributed by atoms with Crippen LogP contribution in [0.2, 0.25) is 0 Å². The third-order valence-corrected chi connectivity index (χ3v) is 5.47. The Kier molecular flexibility index (Phi) is 2.86. The van der Waals surface area contributed by atoms with E-state index < -0.39 is 5.97 Å². The first kappa shape index (κ1) is 13.5. The second-order valence-electron chi connectivity index (χ2n) is 6.44. The number of benzene rings is 1. The lowest BCUT2D eigenvalue weighted by molar-refractivity contribution is -0.123. The summed E-state index contributed by atoms with van der Waals surface area (Å²) in [6.07, 6.45) is 3.17. The van der Waals surface area contributed by atoms with Gasteiger partial charge in [0.15, 0.2) is 0 Å². The second kappa shape index (κ2) is 4.66. The van der Waals surface area contributed by atoms with Crippen LogP contribution in [0.5, 0.6) is 0 Å². The van der Waals surface area contributed by atoms with Crippen molar-refractivity contribution in [1.29, 1.82) is 0 Å². The van der Waals surface area contributed by atoms with Crippen LogP contribution in [0.25, 0.3) is 0 Å². The van der Waals surface area contributed by atoms with Crippen molar-refractivity contribution in [3.8, 4) is 0 Å². The minimum Gasteiger partial charge on any atom is -0.465 e. The van der Waals surface area contributed by atoms with Crippen LogP contribution in [0.1, 0.15) is 29.6 Å². The number of methoxy groups -OCH3 is 1. The number of imide groups is 1. The maximum Gasteiger partial charge on any atom is 0.337 e. The van der Waals surface area contributed by atoms with Crippen molar-refractivity contribution in [3.05, 3.63) is 29.8 Å². The normalized spacial score (nSPS) is 32.5. The van der Waals surface area contributed by atoms with E-state index in [4.69, 9.17) is 0 Å². The molecule has 22 heavy (non-hydrogen) atoms. The van der Waals surface area contributed by atoms with Gasteiger partial charge in [-0.05, 0) is 55.4 Å². The summed E-state index contributed by atoms with van der Waals surface area (Å²) in [4.78, 5) is 38.1. The van der Waals surface area contributed by atoms with Gasteiger partial charge in [-0.15, -0.1) is 0 Å². The average Bonchev–Trinajstić information content (AvgIpc) is 3.21. The number of nitrogens with zero attached hydrogens (tertiary/aromatic N) is 1. The minimum atomic E-state index is -0.430. The predicted molar refractivity (Wildman–Crippen MR) is 78.1 cm³/mol. The van der Waals surface area contributed by atoms with Crippen LogP contribution in [0, 0.1) is 23.7 Å². The Morgan fingerprint density at radius 2 is 1.59 bits per heavy atom. The minimum absolute atomic E-state index is 0.0620. The number of carbonyl (C=O) groups excluding carboxylic acids is 3. The van der Waals surface area contributed by atoms with Gasteiger partial charge in [0.05, 0.1) is 30.2 Å². The first-order valence-electron chi connectivity index (χ1n) is 7.68. The molecule has 1 aliphatic heterocycles. The summed E-state index contributed by atoms with van der Waals surface area (Å²) >= 11 is 0. The summed E-state index contributed by atoms with van der Waals surface area (Å²) in [6, 6.07) is 6.46. The number of rotatable bonds is 2. The highest BCUT2D eigenvalue weighted by molar-refractivity contribution is 6.22. The van der Waals surface area contributed by atoms with Gasteiger partial charge in [-0.3, -0.25) is 14.5 Å². The highest BCUT2D eigenvalue weighted by Crippen LogP contribution is 2.56. The van der Waals surface area contributed by atoms with Crippen LogP contribution in [-0.2, 0) is 14.3 Å². The number of esters is 1. The molecule has 1 saturated heterocycles. The molecule has 0 N–H and O–H groups in total. The van der Waals surface area contributed by atoms with Gasteiger partial charge in [-0.2, -0.15) is 0 Å². The third-order valence-electron chi connectivity index (χ3n) is 5.47. The summed E-state index contributed by atoms with van der Waals surface area (Å²) in [5.41, 5.74) is 0.960. The highest BCUT2D eigenvalue weighted by atomic mass is 16.5. The van der Waals surface area contributed by atoms with Crippen molar-refractivity contribution in [3.63, 3.8) is 0 Å². The molecular formula is C17H17NO4. The van der Waals surface area contributed by atoms with Crippen LogP contribution in [0.3, 0.4) is 0 Å². The van der Waals surface area contributed by atoms with E-state index in [1.807, 2.05) is 0 Å². The van der Waals surface area contributed by atoms with Gasteiger partial charge in [-0.25, -0.2) is 4.79 Å². The molecule has 3 fully saturated rings. The first-order chi connectivity index (χ1) is 10.6. The number of fused-ring (bicyclic) bond motifs is 5. The van der Waals surface area contributed by atoms with Gasteiger partial charge < -0.3 is 4.74 Å². The molecule has 5 heteroatoms. The van der Waals surface area contributed by atoms with E-state index in [9.17, 15) is 14.4 Å². The SMILES string of the molecule is COC(=O)c1ccc(N2C(=O)[C@@H]3[C@H]4CC[C@@H](C4)[C@H]3C2=O)cc1. The van der Waals surface area contributed by atoms with E-state index >= 15 is 0 Å². The van der Waals surface area contributed by atoms with E-state index in [1.165, 1.54) is 12.0 Å². The van der Waals surface area contributed by atoms with Crippen molar-refractivity contribution < 1.29 is 19.1 Å². The van der Waals surface area contributed by atoms with Crippen LogP contribution in [-0.4, -0.2) is 24.9 Å². The number of anilines is 1. The smallest absolute Gasteiger partial charge is 0.337 e. The van der Waals surface area contributed by atoms with Gasteiger partial charge in [0, 0.05) is 0 Å². The second-order valence-corrected chi connectivity index (χ2v) is 6.44. The van der Waals surface area contributed by atoms with Crippen LogP contribution >= 0.6 is 0 Å². The Labute approximate surface area is 128 Å². The zero-order chi connectivity index (χ0) is 15.4. The molecule has 2 amide bonds. The van der Waals surface area contributed by atoms with Gasteiger partial charge >= 0.3 is 5.97 Å². The van der Waals surface area contributed by atoms with E-state index in [1.54, 1.807) is 24.3 Å². The first-order valence-corrected chi connectivity index (χ1v) is 7.68. The summed E-state index contributed by atoms with van der Waals surface area (Å²) < 4.78 is 4.65. The molecule has 4 atom stereocenters. The van der Waals surface area contributed by atoms with Gasteiger partial charge in [0.1, 0.15) is 0 Å². The Balaban J connectivity index is 1.64. The molecule has 1 heterocycles. The Morgan fingerprint density at radius 3 is 2.09 bits per heavy atom. The lowest BCUT2D eigenvalue weighted by Crippen LogP contribution is -2.32. The number of amides is 2. The fourth-order valence-corrected chi connectivity index (χ4v) is 4.53. The molecule has 2 saturated carbocycles. The Bertz CT molecular complexity index is 638. The zero-order valence-electron chi connectivity index (χ0n) is 12.3. The average molecular weight is 299 g/mol. The van der Waals surface area contributed by atoms with Crippen molar-refractivity contribution >= 4 is 23.5 Å². The van der Waals surface area contributed by atoms with E-state index in [-0.39, 0.29) is 23.7 Å². The lowest BCUT2D eigenvalue weighted by atomic mass is 9.81. The van der Waals surface area contributed by atoms with Crippen LogP contribution in [0.4, 0.5) is 5.69 Å². The number of carbonyl (C=O) groups is 3. The summed E-state index contributed by atoms with van der Waals surface area (Å²) in [7, 11) is 1.32. The standard InChI is InChI=1S/C17H17NO4/c1-22-17(21)9-4-6-12(7-5-9)18-15(19)13-10-2-3-11(8-10)14(13)16(18)20/h4-7,10-11,13-14H,2-3,8H2,1H3/t10-,11-,13+,14+/m0/s1. The molecule has 0 aromatic heterocycles. The van der Waals surface area contributed by atoms with Gasteiger partial charge in [0.2, 0.25) is 11.8 Å². The van der Waals surface area contributed by atoms with Crippen molar-refractivity contribution in [1.82, 2.24) is 0 Å². The number of hydrogen-bond acceptors (Lipinski definition) is 4. The maximum atomic E-state index is 12.7. The Hall–Kier alpha value is -2.17. The Morgan fingerprint density at radius 1 is 1.05 bits per heavy atom. The molecule has 5 nitrogen and oxygen atoms in total. The molecule has 1 aromatic carbocycles. The molecule has 3 aliphatic rings. The summed E-state index contributed by atoms with van der Waals surface area (Å²) in [6.45, 7) is 0. The highest BCUT2D eigenvalue weighted by Gasteiger charge is 2.61. The van der Waals surface area contributed by atoms with Crippen molar-refractivity contribution in [2.75, 3.05) is 12.0 Å².